The number of hydrogen-bond acceptors (Lipinski definition) is 3. The zero-order chi connectivity index (χ0) is 14.2. The molecule has 1 aromatic carbocycles. The minimum atomic E-state index is -0.410. The molecule has 1 aromatic heterocycles. The molecule has 1 heterocycles. The molecular formula is C15H15IN2O2. The number of rotatable bonds is 3. The highest BCUT2D eigenvalue weighted by molar-refractivity contribution is 14.1. The lowest BCUT2D eigenvalue weighted by atomic mass is 9.79. The second-order valence-corrected chi connectivity index (χ2v) is 6.07. The lowest BCUT2D eigenvalue weighted by Gasteiger charge is -2.39. The Bertz CT molecular complexity index is 673. The molecule has 1 aliphatic rings. The van der Waals surface area contributed by atoms with Gasteiger partial charge in [0.2, 0.25) is 0 Å². The minimum Gasteiger partial charge on any atom is -0.370 e. The van der Waals surface area contributed by atoms with Crippen molar-refractivity contribution in [2.45, 2.75) is 24.9 Å². The van der Waals surface area contributed by atoms with Crippen molar-refractivity contribution in [2.24, 2.45) is 0 Å². The summed E-state index contributed by atoms with van der Waals surface area (Å²) < 4.78 is 6.22. The summed E-state index contributed by atoms with van der Waals surface area (Å²) in [6, 6.07) is 9.78. The highest BCUT2D eigenvalue weighted by atomic mass is 127. The smallest absolute Gasteiger partial charge is 0.265 e. The van der Waals surface area contributed by atoms with Gasteiger partial charge in [0.05, 0.1) is 5.69 Å². The molecule has 1 fully saturated rings. The molecule has 0 bridgehead atoms. The molecule has 0 amide bonds. The van der Waals surface area contributed by atoms with Gasteiger partial charge in [0.1, 0.15) is 15.0 Å². The first-order chi connectivity index (χ1) is 9.66. The van der Waals surface area contributed by atoms with Crippen LogP contribution < -0.4 is 5.56 Å². The number of aromatic amines is 1. The van der Waals surface area contributed by atoms with Gasteiger partial charge in [-0.25, -0.2) is 4.98 Å². The van der Waals surface area contributed by atoms with Crippen molar-refractivity contribution in [3.05, 3.63) is 50.1 Å². The Balaban J connectivity index is 2.16. The van der Waals surface area contributed by atoms with Gasteiger partial charge in [0.25, 0.3) is 5.56 Å². The fourth-order valence-electron chi connectivity index (χ4n) is 2.50. The summed E-state index contributed by atoms with van der Waals surface area (Å²) in [5.74, 6) is 0.649. The predicted molar refractivity (Wildman–Crippen MR) is 85.5 cm³/mol. The van der Waals surface area contributed by atoms with E-state index in [9.17, 15) is 4.79 Å². The summed E-state index contributed by atoms with van der Waals surface area (Å²) in [6.45, 7) is 0. The van der Waals surface area contributed by atoms with Crippen LogP contribution >= 0.6 is 22.6 Å². The van der Waals surface area contributed by atoms with Crippen molar-refractivity contribution >= 4 is 22.6 Å². The van der Waals surface area contributed by atoms with Crippen LogP contribution in [0.4, 0.5) is 0 Å². The van der Waals surface area contributed by atoms with E-state index in [1.54, 1.807) is 7.11 Å². The maximum absolute atomic E-state index is 12.2. The average Bonchev–Trinajstić information content (AvgIpc) is 2.43. The number of halogens is 1. The van der Waals surface area contributed by atoms with E-state index in [-0.39, 0.29) is 5.56 Å². The molecule has 0 unspecified atom stereocenters. The average molecular weight is 382 g/mol. The van der Waals surface area contributed by atoms with E-state index in [4.69, 9.17) is 4.74 Å². The van der Waals surface area contributed by atoms with Gasteiger partial charge >= 0.3 is 0 Å². The second-order valence-electron chi connectivity index (χ2n) is 5.00. The Labute approximate surface area is 130 Å². The number of methoxy groups -OCH3 is 1. The summed E-state index contributed by atoms with van der Waals surface area (Å²) in [5.41, 5.74) is 1.17. The van der Waals surface area contributed by atoms with Crippen LogP contribution in [0.5, 0.6) is 0 Å². The first-order valence-corrected chi connectivity index (χ1v) is 7.65. The van der Waals surface area contributed by atoms with Gasteiger partial charge in [-0.15, -0.1) is 0 Å². The maximum atomic E-state index is 12.2. The summed E-state index contributed by atoms with van der Waals surface area (Å²) >= 11 is 2.05. The number of nitrogens with zero attached hydrogens (tertiary/aromatic N) is 1. The molecule has 5 heteroatoms. The molecule has 0 saturated heterocycles. The van der Waals surface area contributed by atoms with Crippen LogP contribution in [0.1, 0.15) is 25.1 Å². The number of nitrogens with one attached hydrogen (secondary N) is 1. The Kier molecular flexibility index (Phi) is 3.64. The standard InChI is InChI=1S/C15H15IN2O2/c1-20-15(8-5-9-15)14-17-12(11(16)13(19)18-14)10-6-3-2-4-7-10/h2-4,6-7H,5,8-9H2,1H3,(H,17,18,19). The molecular weight excluding hydrogens is 367 g/mol. The molecule has 1 aliphatic carbocycles. The van der Waals surface area contributed by atoms with Crippen molar-refractivity contribution in [1.82, 2.24) is 9.97 Å². The van der Waals surface area contributed by atoms with Crippen LogP contribution in [0.15, 0.2) is 35.1 Å². The highest BCUT2D eigenvalue weighted by Crippen LogP contribution is 2.42. The third kappa shape index (κ3) is 2.18. The van der Waals surface area contributed by atoms with Gasteiger partial charge in [-0.1, -0.05) is 30.3 Å². The summed E-state index contributed by atoms with van der Waals surface area (Å²) in [7, 11) is 1.68. The SMILES string of the molecule is COC1(c2nc(-c3ccccc3)c(I)c(=O)[nH]2)CCC1. The van der Waals surface area contributed by atoms with E-state index >= 15 is 0 Å². The molecule has 0 aliphatic heterocycles. The second kappa shape index (κ2) is 5.29. The molecule has 1 saturated carbocycles. The third-order valence-corrected chi connectivity index (χ3v) is 4.89. The lowest BCUT2D eigenvalue weighted by Crippen LogP contribution is -2.40. The highest BCUT2D eigenvalue weighted by Gasteiger charge is 2.41. The van der Waals surface area contributed by atoms with Crippen LogP contribution in [0.3, 0.4) is 0 Å². The van der Waals surface area contributed by atoms with Gasteiger partial charge < -0.3 is 9.72 Å². The lowest BCUT2D eigenvalue weighted by molar-refractivity contribution is -0.0847. The van der Waals surface area contributed by atoms with Gasteiger partial charge in [-0.05, 0) is 41.9 Å². The van der Waals surface area contributed by atoms with Crippen LogP contribution in [-0.2, 0) is 10.3 Å². The molecule has 0 spiro atoms. The van der Waals surface area contributed by atoms with E-state index in [0.717, 1.165) is 30.5 Å². The molecule has 104 valence electrons. The summed E-state index contributed by atoms with van der Waals surface area (Å²) in [5, 5.41) is 0. The molecule has 1 N–H and O–H groups in total. The number of H-pyrrole nitrogens is 1. The molecule has 0 radical (unpaired) electrons. The Morgan fingerprint density at radius 3 is 2.55 bits per heavy atom. The fraction of sp³-hybridized carbons (Fsp3) is 0.333. The normalized spacial score (nSPS) is 16.7. The molecule has 20 heavy (non-hydrogen) atoms. The third-order valence-electron chi connectivity index (χ3n) is 3.89. The van der Waals surface area contributed by atoms with E-state index < -0.39 is 5.60 Å². The van der Waals surface area contributed by atoms with Crippen LogP contribution in [-0.4, -0.2) is 17.1 Å². The number of hydrogen-bond donors (Lipinski definition) is 1. The quantitative estimate of drug-likeness (QED) is 0.831. The van der Waals surface area contributed by atoms with Crippen LogP contribution in [0.25, 0.3) is 11.3 Å². The van der Waals surface area contributed by atoms with E-state index in [1.807, 2.05) is 52.9 Å². The van der Waals surface area contributed by atoms with Crippen LogP contribution in [0.2, 0.25) is 0 Å². The molecule has 0 atom stereocenters. The van der Waals surface area contributed by atoms with Gasteiger partial charge in [0.15, 0.2) is 0 Å². The zero-order valence-electron chi connectivity index (χ0n) is 11.1. The number of benzene rings is 1. The van der Waals surface area contributed by atoms with Crippen molar-refractivity contribution in [1.29, 1.82) is 0 Å². The first kappa shape index (κ1) is 13.8. The molecule has 3 rings (SSSR count). The fourth-order valence-corrected chi connectivity index (χ4v) is 3.06. The Morgan fingerprint density at radius 1 is 1.30 bits per heavy atom. The van der Waals surface area contributed by atoms with Gasteiger partial charge in [-0.2, -0.15) is 0 Å². The van der Waals surface area contributed by atoms with Crippen molar-refractivity contribution in [3.63, 3.8) is 0 Å². The zero-order valence-corrected chi connectivity index (χ0v) is 13.3. The molecule has 2 aromatic rings. The summed E-state index contributed by atoms with van der Waals surface area (Å²) in [6.07, 6.45) is 2.91. The van der Waals surface area contributed by atoms with Crippen molar-refractivity contribution in [2.75, 3.05) is 7.11 Å². The van der Waals surface area contributed by atoms with Gasteiger partial charge in [-0.3, -0.25) is 4.79 Å². The largest absolute Gasteiger partial charge is 0.370 e. The molecule has 4 nitrogen and oxygen atoms in total. The topological polar surface area (TPSA) is 55.0 Å². The predicted octanol–water partition coefficient (Wildman–Crippen LogP) is 3.07. The van der Waals surface area contributed by atoms with Crippen LogP contribution in [0, 0.1) is 3.57 Å². The maximum Gasteiger partial charge on any atom is 0.265 e. The number of ether oxygens (including phenoxy) is 1. The van der Waals surface area contributed by atoms with Crippen molar-refractivity contribution < 1.29 is 4.74 Å². The van der Waals surface area contributed by atoms with Crippen molar-refractivity contribution in [3.8, 4) is 11.3 Å². The Hall–Kier alpha value is -1.21. The minimum absolute atomic E-state index is 0.0993. The Morgan fingerprint density at radius 2 is 2.00 bits per heavy atom. The van der Waals surface area contributed by atoms with Gasteiger partial charge in [0, 0.05) is 12.7 Å². The monoisotopic (exact) mass is 382 g/mol. The first-order valence-electron chi connectivity index (χ1n) is 6.57. The summed E-state index contributed by atoms with van der Waals surface area (Å²) in [4.78, 5) is 19.7. The van der Waals surface area contributed by atoms with E-state index in [2.05, 4.69) is 9.97 Å². The number of aromatic nitrogens is 2. The van der Waals surface area contributed by atoms with E-state index in [1.165, 1.54) is 0 Å². The van der Waals surface area contributed by atoms with E-state index in [0.29, 0.717) is 9.39 Å².